The summed E-state index contributed by atoms with van der Waals surface area (Å²) in [4.78, 5) is 12.6. The lowest BCUT2D eigenvalue weighted by Crippen LogP contribution is -2.13. The van der Waals surface area contributed by atoms with Crippen LogP contribution in [0.1, 0.15) is 11.1 Å². The highest BCUT2D eigenvalue weighted by Gasteiger charge is 2.13. The molecule has 1 N–H and O–H groups in total. The number of halogens is 2. The van der Waals surface area contributed by atoms with Gasteiger partial charge in [0.2, 0.25) is 0 Å². The van der Waals surface area contributed by atoms with Crippen LogP contribution in [0.15, 0.2) is 84.6 Å². The van der Waals surface area contributed by atoms with Gasteiger partial charge in [-0.2, -0.15) is 5.26 Å². The van der Waals surface area contributed by atoms with Gasteiger partial charge >= 0.3 is 0 Å². The van der Waals surface area contributed by atoms with Gasteiger partial charge in [0.15, 0.2) is 0 Å². The predicted molar refractivity (Wildman–Crippen MR) is 121 cm³/mol. The summed E-state index contributed by atoms with van der Waals surface area (Å²) in [5.41, 5.74) is 3.20. The molecule has 0 bridgehead atoms. The van der Waals surface area contributed by atoms with E-state index in [4.69, 9.17) is 11.6 Å². The minimum absolute atomic E-state index is 0.0429. The minimum atomic E-state index is -0.552. The number of hydrogen-bond acceptors (Lipinski definition) is 2. The van der Waals surface area contributed by atoms with Crippen LogP contribution in [0.25, 0.3) is 17.0 Å². The summed E-state index contributed by atoms with van der Waals surface area (Å²) in [5.74, 6) is -0.953. The molecule has 152 valence electrons. The molecule has 1 heterocycles. The number of anilines is 1. The van der Waals surface area contributed by atoms with Gasteiger partial charge in [-0.1, -0.05) is 41.9 Å². The van der Waals surface area contributed by atoms with Crippen LogP contribution in [0.5, 0.6) is 0 Å². The van der Waals surface area contributed by atoms with Crippen molar-refractivity contribution >= 4 is 40.2 Å². The molecule has 0 radical (unpaired) electrons. The third kappa shape index (κ3) is 4.66. The average molecular weight is 430 g/mol. The molecule has 4 rings (SSSR count). The smallest absolute Gasteiger partial charge is 0.266 e. The fraction of sp³-hybridized carbons (Fsp3) is 0.0400. The first-order valence-corrected chi connectivity index (χ1v) is 9.92. The second kappa shape index (κ2) is 8.86. The summed E-state index contributed by atoms with van der Waals surface area (Å²) in [5, 5.41) is 13.8. The first-order chi connectivity index (χ1) is 15.0. The van der Waals surface area contributed by atoms with Crippen LogP contribution in [-0.2, 0) is 11.3 Å². The minimum Gasteiger partial charge on any atom is -0.342 e. The van der Waals surface area contributed by atoms with E-state index in [0.29, 0.717) is 17.3 Å². The van der Waals surface area contributed by atoms with E-state index in [-0.39, 0.29) is 5.57 Å². The fourth-order valence-corrected chi connectivity index (χ4v) is 3.47. The molecule has 0 aliphatic carbocycles. The number of nitrogens with one attached hydrogen (secondary N) is 1. The molecule has 4 nitrogen and oxygen atoms in total. The number of aromatic nitrogens is 1. The van der Waals surface area contributed by atoms with E-state index in [1.54, 1.807) is 6.08 Å². The van der Waals surface area contributed by atoms with E-state index in [9.17, 15) is 14.4 Å². The molecule has 6 heteroatoms. The Morgan fingerprint density at radius 2 is 1.77 bits per heavy atom. The topological polar surface area (TPSA) is 57.8 Å². The summed E-state index contributed by atoms with van der Waals surface area (Å²) in [6.45, 7) is 0.620. The number of carbonyl (C=O) groups excluding carboxylic acids is 1. The Morgan fingerprint density at radius 3 is 2.48 bits per heavy atom. The maximum atomic E-state index is 13.1. The molecule has 0 aliphatic rings. The van der Waals surface area contributed by atoms with Gasteiger partial charge in [0.1, 0.15) is 17.5 Å². The van der Waals surface area contributed by atoms with Crippen molar-refractivity contribution in [2.75, 3.05) is 5.32 Å². The summed E-state index contributed by atoms with van der Waals surface area (Å²) >= 11 is 5.98. The zero-order valence-electron chi connectivity index (χ0n) is 16.3. The van der Waals surface area contributed by atoms with Gasteiger partial charge in [-0.15, -0.1) is 0 Å². The van der Waals surface area contributed by atoms with Gasteiger partial charge < -0.3 is 9.88 Å². The van der Waals surface area contributed by atoms with Crippen molar-refractivity contribution in [2.45, 2.75) is 6.54 Å². The molecule has 4 aromatic rings. The zero-order valence-corrected chi connectivity index (χ0v) is 17.1. The lowest BCUT2D eigenvalue weighted by Gasteiger charge is -2.05. The quantitative estimate of drug-likeness (QED) is 0.311. The molecular weight excluding hydrogens is 413 g/mol. The van der Waals surface area contributed by atoms with E-state index in [1.165, 1.54) is 24.3 Å². The van der Waals surface area contributed by atoms with Crippen LogP contribution >= 0.6 is 11.6 Å². The number of hydrogen-bond donors (Lipinski definition) is 1. The second-order valence-corrected chi connectivity index (χ2v) is 7.42. The highest BCUT2D eigenvalue weighted by atomic mass is 35.5. The molecule has 31 heavy (non-hydrogen) atoms. The van der Waals surface area contributed by atoms with E-state index >= 15 is 0 Å². The molecule has 0 saturated heterocycles. The maximum absolute atomic E-state index is 13.1. The second-order valence-electron chi connectivity index (χ2n) is 6.99. The third-order valence-corrected chi connectivity index (χ3v) is 5.10. The largest absolute Gasteiger partial charge is 0.342 e. The molecule has 0 atom stereocenters. The summed E-state index contributed by atoms with van der Waals surface area (Å²) in [6.07, 6.45) is 3.49. The molecular formula is C25H17ClFN3O. The van der Waals surface area contributed by atoms with Crippen LogP contribution in [-0.4, -0.2) is 10.5 Å². The number of para-hydroxylation sites is 1. The molecule has 0 aliphatic heterocycles. The van der Waals surface area contributed by atoms with Crippen molar-refractivity contribution in [1.29, 1.82) is 5.26 Å². The number of rotatable bonds is 5. The van der Waals surface area contributed by atoms with Crippen molar-refractivity contribution in [1.82, 2.24) is 4.57 Å². The van der Waals surface area contributed by atoms with Crippen LogP contribution in [0, 0.1) is 17.1 Å². The van der Waals surface area contributed by atoms with Crippen molar-refractivity contribution in [3.63, 3.8) is 0 Å². The predicted octanol–water partition coefficient (Wildman–Crippen LogP) is 6.03. The van der Waals surface area contributed by atoms with Crippen molar-refractivity contribution in [3.8, 4) is 6.07 Å². The highest BCUT2D eigenvalue weighted by Crippen LogP contribution is 2.25. The van der Waals surface area contributed by atoms with Gasteiger partial charge in [-0.3, -0.25) is 4.79 Å². The Labute approximate surface area is 183 Å². The first kappa shape index (κ1) is 20.4. The highest BCUT2D eigenvalue weighted by molar-refractivity contribution is 6.30. The Hall–Kier alpha value is -3.88. The molecule has 1 amide bonds. The van der Waals surface area contributed by atoms with Gasteiger partial charge in [-0.05, 0) is 54.1 Å². The standard InChI is InChI=1S/C25H17ClFN3O/c26-20-7-5-17(6-8-20)15-30-16-19(23-3-1-2-4-24(23)30)13-18(14-28)25(31)29-22-11-9-21(27)10-12-22/h1-13,16H,15H2,(H,29,31)/b18-13+. The normalized spacial score (nSPS) is 11.3. The van der Waals surface area contributed by atoms with Gasteiger partial charge in [0.05, 0.1) is 0 Å². The molecule has 0 unspecified atom stereocenters. The van der Waals surface area contributed by atoms with Crippen LogP contribution in [0.2, 0.25) is 5.02 Å². The Bertz CT molecular complexity index is 1320. The number of amides is 1. The number of carbonyl (C=O) groups is 1. The number of fused-ring (bicyclic) bond motifs is 1. The molecule has 0 saturated carbocycles. The van der Waals surface area contributed by atoms with Crippen molar-refractivity contribution in [3.05, 3.63) is 107 Å². The summed E-state index contributed by atoms with van der Waals surface area (Å²) < 4.78 is 15.1. The van der Waals surface area contributed by atoms with Gasteiger partial charge in [0.25, 0.3) is 5.91 Å². The number of nitriles is 1. The summed E-state index contributed by atoms with van der Waals surface area (Å²) in [7, 11) is 0. The average Bonchev–Trinajstić information content (AvgIpc) is 3.12. The van der Waals surface area contributed by atoms with E-state index < -0.39 is 11.7 Å². The zero-order chi connectivity index (χ0) is 21.8. The van der Waals surface area contributed by atoms with E-state index in [2.05, 4.69) is 9.88 Å². The molecule has 0 fully saturated rings. The van der Waals surface area contributed by atoms with Gasteiger partial charge in [-0.25, -0.2) is 4.39 Å². The third-order valence-electron chi connectivity index (χ3n) is 4.85. The fourth-order valence-electron chi connectivity index (χ4n) is 3.34. The number of nitrogens with zero attached hydrogens (tertiary/aromatic N) is 2. The maximum Gasteiger partial charge on any atom is 0.266 e. The van der Waals surface area contributed by atoms with Crippen molar-refractivity contribution in [2.24, 2.45) is 0 Å². The van der Waals surface area contributed by atoms with Crippen LogP contribution in [0.3, 0.4) is 0 Å². The van der Waals surface area contributed by atoms with Crippen LogP contribution in [0.4, 0.5) is 10.1 Å². The Morgan fingerprint density at radius 1 is 1.06 bits per heavy atom. The Kier molecular flexibility index (Phi) is 5.83. The Balaban J connectivity index is 1.66. The van der Waals surface area contributed by atoms with Crippen molar-refractivity contribution < 1.29 is 9.18 Å². The first-order valence-electron chi connectivity index (χ1n) is 9.54. The van der Waals surface area contributed by atoms with Gasteiger partial charge in [0, 0.05) is 39.9 Å². The van der Waals surface area contributed by atoms with E-state index in [1.807, 2.05) is 60.8 Å². The number of benzene rings is 3. The molecule has 3 aromatic carbocycles. The SMILES string of the molecule is N#C/C(=C\c1cn(Cc2ccc(Cl)cc2)c2ccccc12)C(=O)Nc1ccc(F)cc1. The monoisotopic (exact) mass is 429 g/mol. The molecule has 1 aromatic heterocycles. The summed E-state index contributed by atoms with van der Waals surface area (Å²) in [6, 6.07) is 22.8. The molecule has 0 spiro atoms. The lowest BCUT2D eigenvalue weighted by atomic mass is 10.1. The lowest BCUT2D eigenvalue weighted by molar-refractivity contribution is -0.112. The van der Waals surface area contributed by atoms with E-state index in [0.717, 1.165) is 22.0 Å². The van der Waals surface area contributed by atoms with Crippen LogP contribution < -0.4 is 5.32 Å².